The molecule has 9 nitrogen and oxygen atoms in total. The zero-order valence-corrected chi connectivity index (χ0v) is 18.1. The Kier molecular flexibility index (Phi) is 5.33. The number of hydrogen-bond donors (Lipinski definition) is 2. The molecule has 0 spiro atoms. The number of fused-ring (bicyclic) bond motifs is 1. The van der Waals surface area contributed by atoms with E-state index in [2.05, 4.69) is 15.5 Å². The molecule has 1 aliphatic rings. The summed E-state index contributed by atoms with van der Waals surface area (Å²) >= 11 is 0. The van der Waals surface area contributed by atoms with Gasteiger partial charge in [-0.2, -0.15) is 14.9 Å². The molecule has 0 amide bonds. The molecule has 4 aromatic rings. The molecular weight excluding hydrogens is 441 g/mol. The summed E-state index contributed by atoms with van der Waals surface area (Å²) in [6.45, 7) is 2.33. The Morgan fingerprint density at radius 1 is 1.12 bits per heavy atom. The monoisotopic (exact) mass is 461 g/mol. The molecule has 1 aliphatic heterocycles. The molecule has 34 heavy (non-hydrogen) atoms. The molecule has 0 saturated carbocycles. The zero-order valence-electron chi connectivity index (χ0n) is 18.1. The Morgan fingerprint density at radius 3 is 2.62 bits per heavy atom. The number of para-hydroxylation sites is 1. The fourth-order valence-corrected chi connectivity index (χ4v) is 4.03. The van der Waals surface area contributed by atoms with Crippen molar-refractivity contribution >= 4 is 12.0 Å². The highest BCUT2D eigenvalue weighted by Crippen LogP contribution is 2.38. The van der Waals surface area contributed by atoms with Crippen LogP contribution < -0.4 is 10.9 Å². The van der Waals surface area contributed by atoms with Gasteiger partial charge in [0.25, 0.3) is 5.56 Å². The number of nitrogens with one attached hydrogen (secondary N) is 1. The number of ether oxygens (including phenoxy) is 1. The van der Waals surface area contributed by atoms with Crippen LogP contribution in [0.4, 0.5) is 15.0 Å². The van der Waals surface area contributed by atoms with Crippen molar-refractivity contribution in [2.24, 2.45) is 0 Å². The van der Waals surface area contributed by atoms with Crippen molar-refractivity contribution in [1.82, 2.24) is 19.6 Å². The minimum atomic E-state index is -1.37. The van der Waals surface area contributed by atoms with E-state index in [9.17, 15) is 14.0 Å². The summed E-state index contributed by atoms with van der Waals surface area (Å²) in [5.74, 6) is 0.223. The van der Waals surface area contributed by atoms with Gasteiger partial charge in [0.1, 0.15) is 23.4 Å². The first kappa shape index (κ1) is 21.4. The maximum Gasteiger partial charge on any atom is 0.506 e. The first-order valence-electron chi connectivity index (χ1n) is 10.6. The molecule has 0 bridgehead atoms. The average molecular weight is 461 g/mol. The lowest BCUT2D eigenvalue weighted by Crippen LogP contribution is -2.35. The lowest BCUT2D eigenvalue weighted by molar-refractivity contribution is 0.0460. The zero-order chi connectivity index (χ0) is 23.8. The van der Waals surface area contributed by atoms with Gasteiger partial charge in [0.05, 0.1) is 30.0 Å². The maximum atomic E-state index is 13.6. The Balaban J connectivity index is 1.68. The molecule has 1 atom stereocenters. The molecule has 5 rings (SSSR count). The van der Waals surface area contributed by atoms with Crippen LogP contribution >= 0.6 is 0 Å². The van der Waals surface area contributed by atoms with E-state index in [-0.39, 0.29) is 24.5 Å². The topological polar surface area (TPSA) is 111 Å². The highest BCUT2D eigenvalue weighted by Gasteiger charge is 2.29. The average Bonchev–Trinajstić information content (AvgIpc) is 3.19. The second kappa shape index (κ2) is 8.47. The molecule has 3 heterocycles. The number of rotatable bonds is 4. The van der Waals surface area contributed by atoms with Gasteiger partial charge in [-0.15, -0.1) is 0 Å². The van der Waals surface area contributed by atoms with Crippen molar-refractivity contribution in [3.05, 3.63) is 82.4 Å². The molecule has 2 N–H and O–H groups in total. The first-order chi connectivity index (χ1) is 16.4. The molecule has 0 radical (unpaired) electrons. The minimum absolute atomic E-state index is 0.195. The van der Waals surface area contributed by atoms with Gasteiger partial charge in [-0.25, -0.2) is 13.9 Å². The van der Waals surface area contributed by atoms with Gasteiger partial charge in [0.15, 0.2) is 0 Å². The lowest BCUT2D eigenvalue weighted by atomic mass is 10.0. The number of aryl methyl sites for hydroxylation is 1. The van der Waals surface area contributed by atoms with Crippen LogP contribution in [0, 0.1) is 12.7 Å². The summed E-state index contributed by atoms with van der Waals surface area (Å²) in [6.07, 6.45) is -2.00. The Labute approximate surface area is 193 Å². The van der Waals surface area contributed by atoms with Crippen LogP contribution in [-0.4, -0.2) is 43.5 Å². The Hall–Kier alpha value is -4.47. The van der Waals surface area contributed by atoms with Crippen LogP contribution in [0.25, 0.3) is 28.2 Å². The van der Waals surface area contributed by atoms with E-state index in [0.717, 1.165) is 5.56 Å². The van der Waals surface area contributed by atoms with Crippen LogP contribution in [0.2, 0.25) is 0 Å². The number of benzene rings is 2. The van der Waals surface area contributed by atoms with Crippen molar-refractivity contribution in [2.75, 3.05) is 11.9 Å². The summed E-state index contributed by atoms with van der Waals surface area (Å²) in [4.78, 5) is 23.7. The fraction of sp³-hybridized carbons (Fsp3) is 0.167. The quantitative estimate of drug-likeness (QED) is 0.446. The number of hydrogen-bond acceptors (Lipinski definition) is 6. The van der Waals surface area contributed by atoms with E-state index in [1.165, 1.54) is 22.9 Å². The van der Waals surface area contributed by atoms with Crippen LogP contribution in [0.15, 0.2) is 65.5 Å². The predicted molar refractivity (Wildman–Crippen MR) is 123 cm³/mol. The molecule has 10 heteroatoms. The number of carbonyl (C=O) groups is 1. The van der Waals surface area contributed by atoms with Crippen molar-refractivity contribution in [3.63, 3.8) is 0 Å². The van der Waals surface area contributed by atoms with E-state index in [1.807, 2.05) is 31.2 Å². The highest BCUT2D eigenvalue weighted by atomic mass is 19.1. The number of nitrogens with zero attached hydrogens (tertiary/aromatic N) is 4. The maximum absolute atomic E-state index is 13.6. The molecule has 172 valence electrons. The standard InChI is InChI=1S/C24H20FN5O4/c1-14-4-2-3-5-19(14)30-20(31)11-10-18(27-30)21-22(15-6-8-16(25)9-7-15)28-29-13-17(34-24(32)33)12-26-23(21)29/h2-11,17,26H,12-13H2,1H3,(H,32,33). The van der Waals surface area contributed by atoms with Crippen LogP contribution in [-0.2, 0) is 11.3 Å². The van der Waals surface area contributed by atoms with Gasteiger partial charge in [-0.3, -0.25) is 4.79 Å². The van der Waals surface area contributed by atoms with E-state index in [4.69, 9.17) is 9.84 Å². The molecule has 0 saturated heterocycles. The molecule has 1 unspecified atom stereocenters. The number of anilines is 1. The normalized spacial score (nSPS) is 14.8. The summed E-state index contributed by atoms with van der Waals surface area (Å²) in [5.41, 5.74) is 3.51. The molecule has 0 aliphatic carbocycles. The third kappa shape index (κ3) is 3.90. The van der Waals surface area contributed by atoms with Crippen molar-refractivity contribution < 1.29 is 19.0 Å². The molecule has 2 aromatic heterocycles. The van der Waals surface area contributed by atoms with Crippen molar-refractivity contribution in [1.29, 1.82) is 0 Å². The van der Waals surface area contributed by atoms with Gasteiger partial charge in [0, 0.05) is 11.6 Å². The second-order valence-electron chi connectivity index (χ2n) is 7.90. The van der Waals surface area contributed by atoms with Gasteiger partial charge in [-0.1, -0.05) is 18.2 Å². The van der Waals surface area contributed by atoms with E-state index in [0.29, 0.717) is 34.0 Å². The summed E-state index contributed by atoms with van der Waals surface area (Å²) < 4.78 is 21.4. The van der Waals surface area contributed by atoms with Gasteiger partial charge >= 0.3 is 6.16 Å². The van der Waals surface area contributed by atoms with Gasteiger partial charge < -0.3 is 15.2 Å². The lowest BCUT2D eigenvalue weighted by Gasteiger charge is -2.24. The van der Waals surface area contributed by atoms with Gasteiger partial charge in [0.2, 0.25) is 0 Å². The van der Waals surface area contributed by atoms with E-state index >= 15 is 0 Å². The number of aromatic nitrogens is 4. The highest BCUT2D eigenvalue weighted by molar-refractivity contribution is 5.87. The fourth-order valence-electron chi connectivity index (χ4n) is 4.03. The molecule has 2 aromatic carbocycles. The molecular formula is C24H20FN5O4. The smallest absolute Gasteiger partial charge is 0.450 e. The Bertz CT molecular complexity index is 1440. The largest absolute Gasteiger partial charge is 0.506 e. The minimum Gasteiger partial charge on any atom is -0.450 e. The summed E-state index contributed by atoms with van der Waals surface area (Å²) in [5, 5.41) is 21.5. The van der Waals surface area contributed by atoms with E-state index < -0.39 is 12.3 Å². The predicted octanol–water partition coefficient (Wildman–Crippen LogP) is 3.70. The van der Waals surface area contributed by atoms with Gasteiger partial charge in [-0.05, 0) is 48.9 Å². The SMILES string of the molecule is Cc1ccccc1-n1nc(-c2c(-c3ccc(F)cc3)nn3c2NCC(OC(=O)O)C3)ccc1=O. The van der Waals surface area contributed by atoms with E-state index in [1.54, 1.807) is 22.9 Å². The van der Waals surface area contributed by atoms with Crippen LogP contribution in [0.3, 0.4) is 0 Å². The third-order valence-electron chi connectivity index (χ3n) is 5.61. The summed E-state index contributed by atoms with van der Waals surface area (Å²) in [6, 6.07) is 16.4. The second-order valence-corrected chi connectivity index (χ2v) is 7.90. The summed E-state index contributed by atoms with van der Waals surface area (Å²) in [7, 11) is 0. The Morgan fingerprint density at radius 2 is 1.88 bits per heavy atom. The third-order valence-corrected chi connectivity index (χ3v) is 5.61. The first-order valence-corrected chi connectivity index (χ1v) is 10.6. The van der Waals surface area contributed by atoms with Crippen LogP contribution in [0.5, 0.6) is 0 Å². The number of halogens is 1. The van der Waals surface area contributed by atoms with Crippen molar-refractivity contribution in [2.45, 2.75) is 19.6 Å². The molecule has 0 fully saturated rings. The van der Waals surface area contributed by atoms with Crippen LogP contribution in [0.1, 0.15) is 5.56 Å². The number of carboxylic acid groups (broad SMARTS) is 1. The van der Waals surface area contributed by atoms with Crippen molar-refractivity contribution in [3.8, 4) is 28.2 Å².